The second kappa shape index (κ2) is 8.08. The number of amides is 1. The first-order chi connectivity index (χ1) is 13.7. The van der Waals surface area contributed by atoms with Crippen LogP contribution in [0.1, 0.15) is 21.5 Å². The van der Waals surface area contributed by atoms with Gasteiger partial charge < -0.3 is 15.0 Å². The van der Waals surface area contributed by atoms with Gasteiger partial charge in [0.2, 0.25) is 0 Å². The van der Waals surface area contributed by atoms with Crippen LogP contribution in [0.25, 0.3) is 0 Å². The van der Waals surface area contributed by atoms with E-state index < -0.39 is 33.9 Å². The molecule has 7 nitrogen and oxygen atoms in total. The van der Waals surface area contributed by atoms with Gasteiger partial charge in [-0.25, -0.2) is 0 Å². The number of nitro benzene ring substituents is 1. The van der Waals surface area contributed by atoms with Crippen molar-refractivity contribution in [3.63, 3.8) is 0 Å². The minimum Gasteiger partial charge on any atom is -0.378 e. The highest BCUT2D eigenvalue weighted by molar-refractivity contribution is 6.07. The highest BCUT2D eigenvalue weighted by Gasteiger charge is 2.35. The first kappa shape index (κ1) is 20.6. The molecule has 1 aliphatic rings. The monoisotopic (exact) mass is 409 g/mol. The van der Waals surface area contributed by atoms with Crippen molar-refractivity contribution in [1.82, 2.24) is 0 Å². The molecule has 0 aromatic heterocycles. The molecule has 1 amide bonds. The smallest absolute Gasteiger partial charge is 0.378 e. The number of nitrogens with zero attached hydrogens (tertiary/aromatic N) is 2. The van der Waals surface area contributed by atoms with Crippen molar-refractivity contribution in [2.75, 3.05) is 36.5 Å². The number of hydrogen-bond donors (Lipinski definition) is 1. The molecule has 154 valence electrons. The first-order valence-electron chi connectivity index (χ1n) is 8.78. The quantitative estimate of drug-likeness (QED) is 0.609. The number of alkyl halides is 3. The van der Waals surface area contributed by atoms with Gasteiger partial charge in [0.1, 0.15) is 5.56 Å². The van der Waals surface area contributed by atoms with Crippen LogP contribution in [0, 0.1) is 17.0 Å². The predicted molar refractivity (Wildman–Crippen MR) is 100 cm³/mol. The minimum absolute atomic E-state index is 0.237. The number of nitrogens with one attached hydrogen (secondary N) is 1. The Kier molecular flexibility index (Phi) is 5.73. The third kappa shape index (κ3) is 4.48. The maximum Gasteiger partial charge on any atom is 0.418 e. The van der Waals surface area contributed by atoms with Crippen LogP contribution in [0.3, 0.4) is 0 Å². The van der Waals surface area contributed by atoms with E-state index in [2.05, 4.69) is 5.32 Å². The largest absolute Gasteiger partial charge is 0.418 e. The van der Waals surface area contributed by atoms with Gasteiger partial charge >= 0.3 is 6.18 Å². The summed E-state index contributed by atoms with van der Waals surface area (Å²) in [6.07, 6.45) is -4.72. The Bertz CT molecular complexity index is 941. The first-order valence-corrected chi connectivity index (χ1v) is 8.78. The summed E-state index contributed by atoms with van der Waals surface area (Å²) in [5.74, 6) is -0.981. The average Bonchev–Trinajstić information content (AvgIpc) is 2.67. The summed E-state index contributed by atoms with van der Waals surface area (Å²) in [5.41, 5.74) is -1.63. The van der Waals surface area contributed by atoms with Gasteiger partial charge in [-0.05, 0) is 31.2 Å². The molecule has 0 bridgehead atoms. The molecule has 2 aromatic rings. The van der Waals surface area contributed by atoms with E-state index in [1.807, 2.05) is 0 Å². The fraction of sp³-hybridized carbons (Fsp3) is 0.316. The lowest BCUT2D eigenvalue weighted by atomic mass is 10.1. The van der Waals surface area contributed by atoms with Crippen LogP contribution >= 0.6 is 0 Å². The Labute approximate surface area is 164 Å². The fourth-order valence-corrected chi connectivity index (χ4v) is 3.17. The number of benzene rings is 2. The Morgan fingerprint density at radius 1 is 1.21 bits per heavy atom. The van der Waals surface area contributed by atoms with Gasteiger partial charge in [0.15, 0.2) is 0 Å². The second-order valence-electron chi connectivity index (χ2n) is 6.51. The predicted octanol–water partition coefficient (Wildman–Crippen LogP) is 4.01. The molecule has 3 rings (SSSR count). The van der Waals surface area contributed by atoms with Crippen LogP contribution in [-0.4, -0.2) is 37.1 Å². The summed E-state index contributed by atoms with van der Waals surface area (Å²) in [4.78, 5) is 24.9. The minimum atomic E-state index is -4.72. The van der Waals surface area contributed by atoms with Crippen molar-refractivity contribution in [2.24, 2.45) is 0 Å². The lowest BCUT2D eigenvalue weighted by Crippen LogP contribution is -2.36. The van der Waals surface area contributed by atoms with Crippen LogP contribution in [-0.2, 0) is 10.9 Å². The summed E-state index contributed by atoms with van der Waals surface area (Å²) < 4.78 is 46.1. The third-order valence-corrected chi connectivity index (χ3v) is 4.60. The molecule has 1 fully saturated rings. The molecule has 0 spiro atoms. The van der Waals surface area contributed by atoms with Gasteiger partial charge in [0.05, 0.1) is 29.4 Å². The zero-order chi connectivity index (χ0) is 21.2. The van der Waals surface area contributed by atoms with Crippen molar-refractivity contribution in [2.45, 2.75) is 13.1 Å². The topological polar surface area (TPSA) is 84.7 Å². The second-order valence-corrected chi connectivity index (χ2v) is 6.51. The van der Waals surface area contributed by atoms with Gasteiger partial charge in [0, 0.05) is 24.3 Å². The molecule has 1 heterocycles. The lowest BCUT2D eigenvalue weighted by molar-refractivity contribution is -0.385. The van der Waals surface area contributed by atoms with Crippen molar-refractivity contribution in [3.8, 4) is 0 Å². The van der Waals surface area contributed by atoms with E-state index in [1.165, 1.54) is 31.2 Å². The Balaban J connectivity index is 1.96. The number of carbonyl (C=O) groups is 1. The number of rotatable bonds is 4. The van der Waals surface area contributed by atoms with Crippen LogP contribution in [0.4, 0.5) is 30.2 Å². The molecule has 29 heavy (non-hydrogen) atoms. The molecule has 10 heteroatoms. The van der Waals surface area contributed by atoms with Gasteiger partial charge in [0.25, 0.3) is 11.6 Å². The van der Waals surface area contributed by atoms with E-state index in [1.54, 1.807) is 4.90 Å². The number of carbonyl (C=O) groups excluding carboxylic acids is 1. The fourth-order valence-electron chi connectivity index (χ4n) is 3.17. The molecule has 0 aliphatic carbocycles. The molecular weight excluding hydrogens is 391 g/mol. The number of nitro groups is 1. The lowest BCUT2D eigenvalue weighted by Gasteiger charge is -2.29. The molecule has 0 unspecified atom stereocenters. The molecule has 1 N–H and O–H groups in total. The molecular formula is C19H18F3N3O4. The number of para-hydroxylation sites is 1. The van der Waals surface area contributed by atoms with E-state index in [4.69, 9.17) is 4.74 Å². The summed E-state index contributed by atoms with van der Waals surface area (Å²) in [6.45, 7) is 3.19. The Hall–Kier alpha value is -3.14. The van der Waals surface area contributed by atoms with Crippen molar-refractivity contribution in [1.29, 1.82) is 0 Å². The number of morpholine rings is 1. The standard InChI is InChI=1S/C19H18F3N3O4/c1-12-3-2-4-14(17(12)25(27)28)18(26)23-16-6-5-13(11-15(16)19(20,21)22)24-7-9-29-10-8-24/h2-6,11H,7-10H2,1H3,(H,23,26). The summed E-state index contributed by atoms with van der Waals surface area (Å²) >= 11 is 0. The van der Waals surface area contributed by atoms with Crippen molar-refractivity contribution >= 4 is 23.0 Å². The van der Waals surface area contributed by atoms with E-state index in [0.29, 0.717) is 32.0 Å². The average molecular weight is 409 g/mol. The normalized spacial score (nSPS) is 14.6. The molecule has 0 atom stereocenters. The van der Waals surface area contributed by atoms with E-state index in [0.717, 1.165) is 12.1 Å². The van der Waals surface area contributed by atoms with Crippen LogP contribution in [0.2, 0.25) is 0 Å². The van der Waals surface area contributed by atoms with Gasteiger partial charge in [-0.1, -0.05) is 12.1 Å². The van der Waals surface area contributed by atoms with Crippen molar-refractivity contribution in [3.05, 3.63) is 63.2 Å². The Morgan fingerprint density at radius 3 is 2.52 bits per heavy atom. The van der Waals surface area contributed by atoms with E-state index in [9.17, 15) is 28.1 Å². The van der Waals surface area contributed by atoms with Gasteiger partial charge in [-0.3, -0.25) is 14.9 Å². The molecule has 0 radical (unpaired) electrons. The SMILES string of the molecule is Cc1cccc(C(=O)Nc2ccc(N3CCOCC3)cc2C(F)(F)F)c1[N+](=O)[O-]. The number of ether oxygens (including phenoxy) is 1. The van der Waals surface area contributed by atoms with Gasteiger partial charge in [-0.2, -0.15) is 13.2 Å². The zero-order valence-corrected chi connectivity index (χ0v) is 15.5. The van der Waals surface area contributed by atoms with Gasteiger partial charge in [-0.15, -0.1) is 0 Å². The molecule has 0 saturated carbocycles. The third-order valence-electron chi connectivity index (χ3n) is 4.60. The summed E-state index contributed by atoms with van der Waals surface area (Å²) in [6, 6.07) is 7.69. The summed E-state index contributed by atoms with van der Waals surface area (Å²) in [7, 11) is 0. The zero-order valence-electron chi connectivity index (χ0n) is 15.5. The maximum atomic E-state index is 13.6. The number of aryl methyl sites for hydroxylation is 1. The number of anilines is 2. The highest BCUT2D eigenvalue weighted by Crippen LogP contribution is 2.38. The van der Waals surface area contributed by atoms with E-state index >= 15 is 0 Å². The molecule has 2 aromatic carbocycles. The van der Waals surface area contributed by atoms with Crippen LogP contribution < -0.4 is 10.2 Å². The molecule has 1 aliphatic heterocycles. The van der Waals surface area contributed by atoms with Crippen LogP contribution in [0.15, 0.2) is 36.4 Å². The maximum absolute atomic E-state index is 13.6. The highest BCUT2D eigenvalue weighted by atomic mass is 19.4. The Morgan fingerprint density at radius 2 is 1.90 bits per heavy atom. The number of hydrogen-bond acceptors (Lipinski definition) is 5. The van der Waals surface area contributed by atoms with Crippen molar-refractivity contribution < 1.29 is 27.6 Å². The number of halogens is 3. The molecule has 1 saturated heterocycles. The van der Waals surface area contributed by atoms with Crippen LogP contribution in [0.5, 0.6) is 0 Å². The van der Waals surface area contributed by atoms with E-state index in [-0.39, 0.29) is 11.1 Å². The summed E-state index contributed by atoms with van der Waals surface area (Å²) in [5, 5.41) is 13.5.